The first-order chi connectivity index (χ1) is 14.3. The molecule has 0 unspecified atom stereocenters. The summed E-state index contributed by atoms with van der Waals surface area (Å²) in [5.74, 6) is 0.674. The van der Waals surface area contributed by atoms with Gasteiger partial charge in [0.25, 0.3) is 0 Å². The number of nitrogens with zero attached hydrogens (tertiary/aromatic N) is 1. The lowest BCUT2D eigenvalue weighted by atomic mass is 10.1. The number of anilines is 1. The Morgan fingerprint density at radius 2 is 1.80 bits per heavy atom. The average Bonchev–Trinajstić information content (AvgIpc) is 2.70. The molecule has 2 amide bonds. The van der Waals surface area contributed by atoms with Crippen LogP contribution < -0.4 is 20.2 Å². The van der Waals surface area contributed by atoms with Crippen molar-refractivity contribution in [1.82, 2.24) is 5.43 Å². The van der Waals surface area contributed by atoms with Gasteiger partial charge in [-0.15, -0.1) is 0 Å². The quantitative estimate of drug-likeness (QED) is 0.483. The molecule has 0 fully saturated rings. The molecule has 7 heteroatoms. The van der Waals surface area contributed by atoms with Crippen LogP contribution in [-0.2, 0) is 9.59 Å². The van der Waals surface area contributed by atoms with E-state index in [1.807, 2.05) is 52.0 Å². The number of benzene rings is 2. The zero-order valence-electron chi connectivity index (χ0n) is 18.1. The van der Waals surface area contributed by atoms with Crippen LogP contribution in [-0.4, -0.2) is 31.2 Å². The van der Waals surface area contributed by atoms with Crippen LogP contribution in [0.25, 0.3) is 0 Å². The Bertz CT molecular complexity index is 923. The summed E-state index contributed by atoms with van der Waals surface area (Å²) in [6, 6.07) is 11.1. The normalized spacial score (nSPS) is 10.9. The number of hydrazone groups is 1. The van der Waals surface area contributed by atoms with Crippen molar-refractivity contribution >= 4 is 23.7 Å². The third kappa shape index (κ3) is 6.92. The number of carbonyl (C=O) groups excluding carboxylic acids is 2. The number of rotatable bonds is 9. The van der Waals surface area contributed by atoms with Gasteiger partial charge in [0, 0.05) is 18.5 Å². The Kier molecular flexibility index (Phi) is 8.41. The second-order valence-corrected chi connectivity index (χ2v) is 7.17. The van der Waals surface area contributed by atoms with E-state index in [9.17, 15) is 9.59 Å². The van der Waals surface area contributed by atoms with E-state index in [-0.39, 0.29) is 30.8 Å². The molecule has 0 aliphatic carbocycles. The van der Waals surface area contributed by atoms with Gasteiger partial charge in [0.05, 0.1) is 19.4 Å². The zero-order chi connectivity index (χ0) is 22.1. The Morgan fingerprint density at radius 1 is 1.07 bits per heavy atom. The summed E-state index contributed by atoms with van der Waals surface area (Å²) in [6.45, 7) is 7.80. The number of aryl methyl sites for hydroxylation is 1. The van der Waals surface area contributed by atoms with Gasteiger partial charge in [-0.2, -0.15) is 5.10 Å². The third-order valence-corrected chi connectivity index (χ3v) is 4.41. The lowest BCUT2D eigenvalue weighted by Crippen LogP contribution is -2.21. The van der Waals surface area contributed by atoms with Crippen LogP contribution in [0.15, 0.2) is 41.5 Å². The van der Waals surface area contributed by atoms with E-state index >= 15 is 0 Å². The molecule has 7 nitrogen and oxygen atoms in total. The van der Waals surface area contributed by atoms with Gasteiger partial charge >= 0.3 is 0 Å². The number of carbonyl (C=O) groups is 2. The monoisotopic (exact) mass is 411 g/mol. The topological polar surface area (TPSA) is 89.0 Å². The minimum absolute atomic E-state index is 0.0322. The maximum atomic E-state index is 12.1. The second kappa shape index (κ2) is 11.0. The van der Waals surface area contributed by atoms with Gasteiger partial charge in [0.1, 0.15) is 0 Å². The molecule has 0 aromatic heterocycles. The fourth-order valence-corrected chi connectivity index (χ4v) is 2.68. The van der Waals surface area contributed by atoms with Crippen molar-refractivity contribution in [2.75, 3.05) is 12.4 Å². The van der Waals surface area contributed by atoms with Crippen molar-refractivity contribution in [2.45, 2.75) is 46.6 Å². The standard InChI is InChI=1S/C23H29N3O4/c1-15(2)30-20-10-9-18(13-21(20)29-5)14-24-26-23(28)12-11-22(27)25-19-8-6-7-16(3)17(19)4/h6-10,13-15H,11-12H2,1-5H3,(H,25,27)(H,26,28). The number of methoxy groups -OCH3 is 1. The van der Waals surface area contributed by atoms with Crippen molar-refractivity contribution in [3.63, 3.8) is 0 Å². The fraction of sp³-hybridized carbons (Fsp3) is 0.348. The highest BCUT2D eigenvalue weighted by Crippen LogP contribution is 2.28. The molecule has 2 aromatic rings. The van der Waals surface area contributed by atoms with Crippen LogP contribution in [0.1, 0.15) is 43.4 Å². The van der Waals surface area contributed by atoms with Crippen LogP contribution >= 0.6 is 0 Å². The first-order valence-corrected chi connectivity index (χ1v) is 9.82. The molecule has 0 saturated heterocycles. The summed E-state index contributed by atoms with van der Waals surface area (Å²) >= 11 is 0. The maximum Gasteiger partial charge on any atom is 0.240 e. The van der Waals surface area contributed by atoms with Gasteiger partial charge in [0.15, 0.2) is 11.5 Å². The highest BCUT2D eigenvalue weighted by atomic mass is 16.5. The molecular formula is C23H29N3O4. The molecule has 0 atom stereocenters. The second-order valence-electron chi connectivity index (χ2n) is 7.17. The molecule has 0 aliphatic rings. The largest absolute Gasteiger partial charge is 0.493 e. The molecule has 0 aliphatic heterocycles. The van der Waals surface area contributed by atoms with Gasteiger partial charge in [-0.05, 0) is 68.7 Å². The first kappa shape index (κ1) is 22.9. The Balaban J connectivity index is 1.83. The van der Waals surface area contributed by atoms with E-state index in [0.717, 1.165) is 22.4 Å². The minimum atomic E-state index is -0.339. The van der Waals surface area contributed by atoms with Crippen LogP contribution in [0.4, 0.5) is 5.69 Å². The van der Waals surface area contributed by atoms with Gasteiger partial charge < -0.3 is 14.8 Å². The lowest BCUT2D eigenvalue weighted by molar-refractivity contribution is -0.124. The van der Waals surface area contributed by atoms with E-state index in [0.29, 0.717) is 11.5 Å². The van der Waals surface area contributed by atoms with Crippen LogP contribution in [0.3, 0.4) is 0 Å². The van der Waals surface area contributed by atoms with E-state index < -0.39 is 0 Å². The number of hydrogen-bond donors (Lipinski definition) is 2. The summed E-state index contributed by atoms with van der Waals surface area (Å²) in [6.07, 6.45) is 1.66. The average molecular weight is 412 g/mol. The minimum Gasteiger partial charge on any atom is -0.493 e. The Labute approximate surface area is 177 Å². The summed E-state index contributed by atoms with van der Waals surface area (Å²) < 4.78 is 11.0. The first-order valence-electron chi connectivity index (χ1n) is 9.82. The summed E-state index contributed by atoms with van der Waals surface area (Å²) in [5.41, 5.74) is 6.05. The van der Waals surface area contributed by atoms with Gasteiger partial charge in [-0.25, -0.2) is 5.43 Å². The van der Waals surface area contributed by atoms with E-state index in [2.05, 4.69) is 15.8 Å². The predicted molar refractivity (Wildman–Crippen MR) is 118 cm³/mol. The molecule has 2 rings (SSSR count). The molecule has 0 spiro atoms. The number of hydrogen-bond acceptors (Lipinski definition) is 5. The van der Waals surface area contributed by atoms with Crippen molar-refractivity contribution in [3.8, 4) is 11.5 Å². The molecule has 0 heterocycles. The smallest absolute Gasteiger partial charge is 0.240 e. The number of nitrogens with one attached hydrogen (secondary N) is 2. The molecule has 30 heavy (non-hydrogen) atoms. The van der Waals surface area contributed by atoms with Gasteiger partial charge in [0.2, 0.25) is 11.8 Å². The third-order valence-electron chi connectivity index (χ3n) is 4.41. The summed E-state index contributed by atoms with van der Waals surface area (Å²) in [5, 5.41) is 6.78. The number of ether oxygens (including phenoxy) is 2. The van der Waals surface area contributed by atoms with E-state index in [4.69, 9.17) is 9.47 Å². The molecular weight excluding hydrogens is 382 g/mol. The molecule has 160 valence electrons. The van der Waals surface area contributed by atoms with Crippen molar-refractivity contribution in [2.24, 2.45) is 5.10 Å². The molecule has 0 bridgehead atoms. The zero-order valence-corrected chi connectivity index (χ0v) is 18.1. The van der Waals surface area contributed by atoms with Crippen molar-refractivity contribution in [3.05, 3.63) is 53.1 Å². The Hall–Kier alpha value is -3.35. The SMILES string of the molecule is COc1cc(C=NNC(=O)CCC(=O)Nc2cccc(C)c2C)ccc1OC(C)C. The van der Waals surface area contributed by atoms with Gasteiger partial charge in [-0.3, -0.25) is 9.59 Å². The van der Waals surface area contributed by atoms with Crippen LogP contribution in [0.2, 0.25) is 0 Å². The molecule has 0 saturated carbocycles. The summed E-state index contributed by atoms with van der Waals surface area (Å²) in [4.78, 5) is 24.1. The summed E-state index contributed by atoms with van der Waals surface area (Å²) in [7, 11) is 1.56. The van der Waals surface area contributed by atoms with E-state index in [1.54, 1.807) is 19.2 Å². The highest BCUT2D eigenvalue weighted by molar-refractivity contribution is 5.94. The lowest BCUT2D eigenvalue weighted by Gasteiger charge is -2.13. The molecule has 2 aromatic carbocycles. The van der Waals surface area contributed by atoms with Crippen LogP contribution in [0.5, 0.6) is 11.5 Å². The highest BCUT2D eigenvalue weighted by Gasteiger charge is 2.09. The molecule has 2 N–H and O–H groups in total. The molecule has 0 radical (unpaired) electrons. The van der Waals surface area contributed by atoms with Gasteiger partial charge in [-0.1, -0.05) is 12.1 Å². The van der Waals surface area contributed by atoms with E-state index in [1.165, 1.54) is 6.21 Å². The van der Waals surface area contributed by atoms with Crippen molar-refractivity contribution < 1.29 is 19.1 Å². The van der Waals surface area contributed by atoms with Crippen LogP contribution in [0, 0.1) is 13.8 Å². The number of amides is 2. The maximum absolute atomic E-state index is 12.1. The Morgan fingerprint density at radius 3 is 2.50 bits per heavy atom. The predicted octanol–water partition coefficient (Wildman–Crippen LogP) is 3.97. The van der Waals surface area contributed by atoms with Crippen molar-refractivity contribution in [1.29, 1.82) is 0 Å². The fourth-order valence-electron chi connectivity index (χ4n) is 2.68.